The molecule has 3 nitrogen and oxygen atoms in total. The van der Waals surface area contributed by atoms with Gasteiger partial charge in [-0.15, -0.1) is 0 Å². The van der Waals surface area contributed by atoms with Crippen LogP contribution in [0.5, 0.6) is 0 Å². The van der Waals surface area contributed by atoms with Crippen molar-refractivity contribution in [3.05, 3.63) is 18.2 Å². The van der Waals surface area contributed by atoms with Crippen LogP contribution in [0, 0.1) is 0 Å². The molecule has 0 amide bonds. The molecule has 0 radical (unpaired) electrons. The van der Waals surface area contributed by atoms with Crippen molar-refractivity contribution in [2.24, 2.45) is 5.73 Å². The van der Waals surface area contributed by atoms with E-state index in [1.54, 1.807) is 17.1 Å². The van der Waals surface area contributed by atoms with Crippen molar-refractivity contribution in [2.75, 3.05) is 6.67 Å². The number of rotatable bonds is 3. The molecule has 0 atom stereocenters. The molecule has 1 aromatic rings. The van der Waals surface area contributed by atoms with Gasteiger partial charge in [0.1, 0.15) is 6.67 Å². The molecule has 0 bridgehead atoms. The number of hydrogen-bond donors (Lipinski definition) is 1. The molecule has 10 heavy (non-hydrogen) atoms. The van der Waals surface area contributed by atoms with Gasteiger partial charge in [0, 0.05) is 12.7 Å². The molecule has 0 aliphatic rings. The molecule has 0 fully saturated rings. The van der Waals surface area contributed by atoms with Gasteiger partial charge in [-0.25, -0.2) is 9.37 Å². The minimum atomic E-state index is -0.372. The Balaban J connectivity index is 2.70. The van der Waals surface area contributed by atoms with Gasteiger partial charge in [-0.2, -0.15) is 0 Å². The third-order valence-electron chi connectivity index (χ3n) is 1.33. The lowest BCUT2D eigenvalue weighted by molar-refractivity contribution is 0.440. The van der Waals surface area contributed by atoms with Gasteiger partial charge in [-0.05, 0) is 0 Å². The summed E-state index contributed by atoms with van der Waals surface area (Å²) in [5.41, 5.74) is 6.21. The summed E-state index contributed by atoms with van der Waals surface area (Å²) in [6.07, 6.45) is 3.23. The Kier molecular flexibility index (Phi) is 2.39. The van der Waals surface area contributed by atoms with Crippen LogP contribution in [0.15, 0.2) is 12.5 Å². The Hall–Kier alpha value is -0.900. The standard InChI is InChI=1S/C6H10FN3/c7-1-2-10-5-9-4-6(10)3-8/h4-5H,1-3,8H2. The largest absolute Gasteiger partial charge is 0.331 e. The van der Waals surface area contributed by atoms with Crippen LogP contribution in [0.2, 0.25) is 0 Å². The Bertz CT molecular complexity index is 197. The Morgan fingerprint density at radius 3 is 3.10 bits per heavy atom. The van der Waals surface area contributed by atoms with Gasteiger partial charge < -0.3 is 10.3 Å². The number of aromatic nitrogens is 2. The summed E-state index contributed by atoms with van der Waals surface area (Å²) in [5, 5.41) is 0. The molecule has 2 N–H and O–H groups in total. The summed E-state index contributed by atoms with van der Waals surface area (Å²) >= 11 is 0. The predicted octanol–water partition coefficient (Wildman–Crippen LogP) is 0.311. The van der Waals surface area contributed by atoms with Crippen molar-refractivity contribution in [1.82, 2.24) is 9.55 Å². The van der Waals surface area contributed by atoms with Gasteiger partial charge in [0.2, 0.25) is 0 Å². The zero-order valence-corrected chi connectivity index (χ0v) is 5.63. The molecule has 0 saturated heterocycles. The fourth-order valence-electron chi connectivity index (χ4n) is 0.811. The van der Waals surface area contributed by atoms with Crippen molar-refractivity contribution in [3.8, 4) is 0 Å². The number of aryl methyl sites for hydroxylation is 1. The van der Waals surface area contributed by atoms with Crippen LogP contribution < -0.4 is 5.73 Å². The molecule has 4 heteroatoms. The fourth-order valence-corrected chi connectivity index (χ4v) is 0.811. The van der Waals surface area contributed by atoms with Crippen LogP contribution in [0.1, 0.15) is 5.69 Å². The molecule has 0 unspecified atom stereocenters. The molecule has 1 aromatic heterocycles. The first-order valence-electron chi connectivity index (χ1n) is 3.13. The average Bonchev–Trinajstić information content (AvgIpc) is 2.36. The van der Waals surface area contributed by atoms with Gasteiger partial charge in [-0.3, -0.25) is 0 Å². The van der Waals surface area contributed by atoms with Crippen LogP contribution in [-0.4, -0.2) is 16.2 Å². The second kappa shape index (κ2) is 3.31. The quantitative estimate of drug-likeness (QED) is 0.661. The summed E-state index contributed by atoms with van der Waals surface area (Å²) in [6.45, 7) is 0.399. The van der Waals surface area contributed by atoms with Gasteiger partial charge in [0.15, 0.2) is 0 Å². The van der Waals surface area contributed by atoms with Gasteiger partial charge >= 0.3 is 0 Å². The highest BCUT2D eigenvalue weighted by molar-refractivity contribution is 4.96. The van der Waals surface area contributed by atoms with Crippen molar-refractivity contribution in [1.29, 1.82) is 0 Å². The Morgan fingerprint density at radius 1 is 1.70 bits per heavy atom. The average molecular weight is 143 g/mol. The minimum Gasteiger partial charge on any atom is -0.331 e. The third kappa shape index (κ3) is 1.33. The van der Waals surface area contributed by atoms with E-state index in [9.17, 15) is 4.39 Å². The molecular weight excluding hydrogens is 133 g/mol. The number of imidazole rings is 1. The highest BCUT2D eigenvalue weighted by Crippen LogP contribution is 1.96. The smallest absolute Gasteiger partial charge is 0.107 e. The van der Waals surface area contributed by atoms with E-state index in [0.717, 1.165) is 5.69 Å². The summed E-state index contributed by atoms with van der Waals surface area (Å²) in [4.78, 5) is 3.83. The zero-order valence-electron chi connectivity index (χ0n) is 5.63. The highest BCUT2D eigenvalue weighted by Gasteiger charge is 1.96. The zero-order chi connectivity index (χ0) is 7.40. The summed E-state index contributed by atoms with van der Waals surface area (Å²) in [6, 6.07) is 0. The van der Waals surface area contributed by atoms with Crippen molar-refractivity contribution >= 4 is 0 Å². The first kappa shape index (κ1) is 7.21. The summed E-state index contributed by atoms with van der Waals surface area (Å²) in [7, 11) is 0. The molecule has 0 saturated carbocycles. The Labute approximate surface area is 58.7 Å². The maximum Gasteiger partial charge on any atom is 0.107 e. The van der Waals surface area contributed by atoms with E-state index in [4.69, 9.17) is 5.73 Å². The topological polar surface area (TPSA) is 43.8 Å². The maximum absolute atomic E-state index is 11.8. The van der Waals surface area contributed by atoms with Gasteiger partial charge in [0.05, 0.1) is 18.6 Å². The molecule has 0 aliphatic heterocycles. The van der Waals surface area contributed by atoms with Crippen LogP contribution >= 0.6 is 0 Å². The third-order valence-corrected chi connectivity index (χ3v) is 1.33. The molecule has 0 aliphatic carbocycles. The second-order valence-corrected chi connectivity index (χ2v) is 1.97. The molecule has 1 rings (SSSR count). The number of nitrogens with zero attached hydrogens (tertiary/aromatic N) is 2. The Morgan fingerprint density at radius 2 is 2.50 bits per heavy atom. The fraction of sp³-hybridized carbons (Fsp3) is 0.500. The van der Waals surface area contributed by atoms with E-state index >= 15 is 0 Å². The van der Waals surface area contributed by atoms with Crippen molar-refractivity contribution in [3.63, 3.8) is 0 Å². The molecule has 0 spiro atoms. The molecule has 1 heterocycles. The van der Waals surface area contributed by atoms with Crippen molar-refractivity contribution < 1.29 is 4.39 Å². The van der Waals surface area contributed by atoms with Gasteiger partial charge in [-0.1, -0.05) is 0 Å². The van der Waals surface area contributed by atoms with Crippen LogP contribution in [0.4, 0.5) is 4.39 Å². The van der Waals surface area contributed by atoms with E-state index in [-0.39, 0.29) is 6.67 Å². The molecule has 56 valence electrons. The summed E-state index contributed by atoms with van der Waals surface area (Å²) < 4.78 is 13.5. The highest BCUT2D eigenvalue weighted by atomic mass is 19.1. The van der Waals surface area contributed by atoms with Crippen LogP contribution in [-0.2, 0) is 13.1 Å². The monoisotopic (exact) mass is 143 g/mol. The van der Waals surface area contributed by atoms with Gasteiger partial charge in [0.25, 0.3) is 0 Å². The van der Waals surface area contributed by atoms with E-state index in [1.807, 2.05) is 0 Å². The minimum absolute atomic E-state index is 0.354. The lowest BCUT2D eigenvalue weighted by atomic mass is 10.4. The van der Waals surface area contributed by atoms with E-state index < -0.39 is 0 Å². The molecular formula is C6H10FN3. The SMILES string of the molecule is NCc1cncn1CCF. The lowest BCUT2D eigenvalue weighted by Gasteiger charge is -2.00. The first-order valence-corrected chi connectivity index (χ1v) is 3.13. The molecule has 0 aromatic carbocycles. The van der Waals surface area contributed by atoms with E-state index in [0.29, 0.717) is 13.1 Å². The maximum atomic E-state index is 11.8. The van der Waals surface area contributed by atoms with Crippen molar-refractivity contribution in [2.45, 2.75) is 13.1 Å². The number of nitrogens with two attached hydrogens (primary N) is 1. The number of hydrogen-bond acceptors (Lipinski definition) is 2. The first-order chi connectivity index (χ1) is 4.88. The lowest BCUT2D eigenvalue weighted by Crippen LogP contribution is -2.07. The normalized spacial score (nSPS) is 10.2. The number of halogens is 1. The van der Waals surface area contributed by atoms with E-state index in [2.05, 4.69) is 4.98 Å². The van der Waals surface area contributed by atoms with Crippen LogP contribution in [0.25, 0.3) is 0 Å². The van der Waals surface area contributed by atoms with Crippen LogP contribution in [0.3, 0.4) is 0 Å². The predicted molar refractivity (Wildman–Crippen MR) is 36.1 cm³/mol. The van der Waals surface area contributed by atoms with E-state index in [1.165, 1.54) is 0 Å². The second-order valence-electron chi connectivity index (χ2n) is 1.97. The summed E-state index contributed by atoms with van der Waals surface area (Å²) in [5.74, 6) is 0. The number of alkyl halides is 1.